The third-order valence-electron chi connectivity index (χ3n) is 9.15. The van der Waals surface area contributed by atoms with Gasteiger partial charge in [0.25, 0.3) is 11.8 Å². The van der Waals surface area contributed by atoms with Gasteiger partial charge in [-0.05, 0) is 88.4 Å². The van der Waals surface area contributed by atoms with Gasteiger partial charge >= 0.3 is 0 Å². The summed E-state index contributed by atoms with van der Waals surface area (Å²) in [6, 6.07) is 22.9. The fourth-order valence-electron chi connectivity index (χ4n) is 6.22. The maximum atomic E-state index is 11.6. The van der Waals surface area contributed by atoms with Gasteiger partial charge in [-0.3, -0.25) is 9.59 Å². The molecule has 2 aliphatic carbocycles. The first-order valence-corrected chi connectivity index (χ1v) is 18.8. The first-order valence-electron chi connectivity index (χ1n) is 18.8. The van der Waals surface area contributed by atoms with E-state index in [1.165, 1.54) is 23.3 Å². The lowest BCUT2D eigenvalue weighted by Gasteiger charge is -2.15. The highest BCUT2D eigenvalue weighted by Crippen LogP contribution is 2.38. The van der Waals surface area contributed by atoms with Gasteiger partial charge in [-0.1, -0.05) is 74.9 Å². The number of carbonyl (C=O) groups is 2. The number of methoxy groups -OCH3 is 1. The molecule has 57 heavy (non-hydrogen) atoms. The molecule has 3 aromatic carbocycles. The molecule has 6 rings (SSSR count). The predicted octanol–water partition coefficient (Wildman–Crippen LogP) is 8.21. The Kier molecular flexibility index (Phi) is 16.4. The van der Waals surface area contributed by atoms with E-state index in [0.29, 0.717) is 64.3 Å². The number of benzene rings is 3. The number of hydrogen-bond donors (Lipinski definition) is 0. The van der Waals surface area contributed by atoms with Crippen LogP contribution in [0, 0.1) is 0 Å². The first-order chi connectivity index (χ1) is 27.7. The molecule has 1 heterocycles. The van der Waals surface area contributed by atoms with Crippen LogP contribution in [0.2, 0.25) is 0 Å². The molecular formula is C47H51NO9. The maximum absolute atomic E-state index is 11.6. The van der Waals surface area contributed by atoms with Gasteiger partial charge in [0.15, 0.2) is 6.79 Å². The van der Waals surface area contributed by atoms with Crippen molar-refractivity contribution in [3.63, 3.8) is 0 Å². The minimum absolute atomic E-state index is 0.114. The normalized spacial score (nSPS) is 15.2. The van der Waals surface area contributed by atoms with Gasteiger partial charge in [-0.25, -0.2) is 4.90 Å². The Hall–Kier alpha value is -5.78. The van der Waals surface area contributed by atoms with E-state index < -0.39 is 0 Å². The van der Waals surface area contributed by atoms with E-state index >= 15 is 0 Å². The summed E-state index contributed by atoms with van der Waals surface area (Å²) in [4.78, 5) is 24.3. The molecule has 0 fully saturated rings. The summed E-state index contributed by atoms with van der Waals surface area (Å²) in [5.41, 5.74) is 7.17. The highest BCUT2D eigenvalue weighted by molar-refractivity contribution is 6.28. The molecule has 0 radical (unpaired) electrons. The van der Waals surface area contributed by atoms with Crippen molar-refractivity contribution in [1.82, 2.24) is 0 Å². The van der Waals surface area contributed by atoms with Crippen molar-refractivity contribution >= 4 is 17.5 Å². The maximum Gasteiger partial charge on any atom is 0.258 e. The van der Waals surface area contributed by atoms with Crippen LogP contribution in [0.5, 0.6) is 17.2 Å². The molecule has 0 atom stereocenters. The number of imide groups is 1. The number of ether oxygens (including phenoxy) is 7. The molecule has 298 valence electrons. The van der Waals surface area contributed by atoms with Crippen LogP contribution in [0.4, 0.5) is 5.69 Å². The van der Waals surface area contributed by atoms with Crippen LogP contribution in [-0.2, 0) is 28.5 Å². The molecule has 3 aliphatic rings. The molecule has 0 spiro atoms. The summed E-state index contributed by atoms with van der Waals surface area (Å²) in [7, 11) is 1.63. The molecule has 0 unspecified atom stereocenters. The highest BCUT2D eigenvalue weighted by Gasteiger charge is 2.25. The van der Waals surface area contributed by atoms with Crippen molar-refractivity contribution in [2.75, 3.05) is 71.7 Å². The largest absolute Gasteiger partial charge is 0.490 e. The van der Waals surface area contributed by atoms with Gasteiger partial charge in [-0.15, -0.1) is 0 Å². The van der Waals surface area contributed by atoms with Gasteiger partial charge in [0, 0.05) is 37.7 Å². The zero-order valence-electron chi connectivity index (χ0n) is 32.6. The molecule has 0 saturated heterocycles. The van der Waals surface area contributed by atoms with E-state index in [1.807, 2.05) is 48.6 Å². The number of amides is 2. The minimum Gasteiger partial charge on any atom is -0.490 e. The molecule has 0 saturated carbocycles. The Balaban J connectivity index is 0.000000219. The predicted molar refractivity (Wildman–Crippen MR) is 222 cm³/mol. The molecule has 10 nitrogen and oxygen atoms in total. The second kappa shape index (κ2) is 22.1. The Morgan fingerprint density at radius 3 is 1.35 bits per heavy atom. The smallest absolute Gasteiger partial charge is 0.258 e. The third-order valence-corrected chi connectivity index (χ3v) is 9.15. The lowest BCUT2D eigenvalue weighted by atomic mass is 9.91. The van der Waals surface area contributed by atoms with E-state index in [0.717, 1.165) is 45.1 Å². The lowest BCUT2D eigenvalue weighted by Crippen LogP contribution is -2.29. The summed E-state index contributed by atoms with van der Waals surface area (Å²) >= 11 is 0. The summed E-state index contributed by atoms with van der Waals surface area (Å²) < 4.78 is 38.0. The van der Waals surface area contributed by atoms with Crippen LogP contribution in [-0.4, -0.2) is 78.6 Å². The quantitative estimate of drug-likeness (QED) is 0.0602. The zero-order valence-corrected chi connectivity index (χ0v) is 32.6. The molecular weight excluding hydrogens is 723 g/mol. The summed E-state index contributed by atoms with van der Waals surface area (Å²) in [6.07, 6.45) is 11.4. The lowest BCUT2D eigenvalue weighted by molar-refractivity contribution is -0.120. The second-order valence-corrected chi connectivity index (χ2v) is 13.2. The average molecular weight is 774 g/mol. The van der Waals surface area contributed by atoms with Crippen molar-refractivity contribution in [2.24, 2.45) is 0 Å². The third kappa shape index (κ3) is 12.6. The summed E-state index contributed by atoms with van der Waals surface area (Å²) in [5, 5.41) is 0. The minimum atomic E-state index is -0.347. The van der Waals surface area contributed by atoms with E-state index in [2.05, 4.69) is 50.6 Å². The van der Waals surface area contributed by atoms with Gasteiger partial charge in [0.2, 0.25) is 0 Å². The second-order valence-electron chi connectivity index (χ2n) is 13.2. The Bertz CT molecular complexity index is 1800. The van der Waals surface area contributed by atoms with E-state index in [-0.39, 0.29) is 30.4 Å². The Labute approximate surface area is 335 Å². The van der Waals surface area contributed by atoms with Crippen LogP contribution in [0.15, 0.2) is 158 Å². The number of nitrogens with zero attached hydrogens (tertiary/aromatic N) is 1. The highest BCUT2D eigenvalue weighted by atomic mass is 16.7. The van der Waals surface area contributed by atoms with Gasteiger partial charge in [0.05, 0.1) is 38.7 Å². The fourth-order valence-corrected chi connectivity index (χ4v) is 6.22. The van der Waals surface area contributed by atoms with Crippen LogP contribution in [0.3, 0.4) is 0 Å². The van der Waals surface area contributed by atoms with Gasteiger partial charge in [0.1, 0.15) is 30.5 Å². The van der Waals surface area contributed by atoms with Crippen molar-refractivity contribution in [3.8, 4) is 17.2 Å². The number of allylic oxidation sites excluding steroid dienone is 8. The molecule has 0 N–H and O–H groups in total. The SMILES string of the molecule is C=C1C=CC(=C)C1c1ccc(OCCOc2ccc(C3C(=C)C=CC3=C)cc2)cc1.COCCOCCOCCCOCOc1ccc(N2C(=O)C=CC2=O)cc1. The topological polar surface area (TPSA) is 102 Å². The zero-order chi connectivity index (χ0) is 40.4. The standard InChI is InChI=1S/C28H26O2.C19H25NO7/c1-19-5-6-20(2)27(19)23-9-13-25(14-10-23)29-17-18-30-26-15-11-24(12-16-26)28-21(3)7-8-22(28)4;1-23-11-12-25-14-13-24-9-2-10-26-15-27-17-5-3-16(4-6-17)20-18(21)7-8-19(20)22/h5-16,27-28H,1-4,17-18H2;3-8H,2,9-15H2,1H3. The van der Waals surface area contributed by atoms with Crippen LogP contribution < -0.4 is 19.1 Å². The molecule has 3 aromatic rings. The summed E-state index contributed by atoms with van der Waals surface area (Å²) in [5.74, 6) is 1.91. The number of anilines is 1. The number of rotatable bonds is 21. The molecule has 1 aliphatic heterocycles. The Morgan fingerprint density at radius 1 is 0.474 bits per heavy atom. The van der Waals surface area contributed by atoms with E-state index in [4.69, 9.17) is 33.2 Å². The van der Waals surface area contributed by atoms with Crippen LogP contribution in [0.25, 0.3) is 0 Å². The van der Waals surface area contributed by atoms with Crippen LogP contribution in [0.1, 0.15) is 29.4 Å². The fraction of sp³-hybridized carbons (Fsp3) is 0.277. The average Bonchev–Trinajstić information content (AvgIpc) is 3.87. The van der Waals surface area contributed by atoms with Crippen molar-refractivity contribution in [3.05, 3.63) is 169 Å². The van der Waals surface area contributed by atoms with E-state index in [9.17, 15) is 9.59 Å². The first kappa shape index (κ1) is 42.4. The molecule has 2 amide bonds. The summed E-state index contributed by atoms with van der Waals surface area (Å²) in [6.45, 7) is 20.8. The van der Waals surface area contributed by atoms with Gasteiger partial charge < -0.3 is 33.2 Å². The van der Waals surface area contributed by atoms with Gasteiger partial charge in [-0.2, -0.15) is 0 Å². The number of carbonyl (C=O) groups excluding carboxylic acids is 2. The Morgan fingerprint density at radius 2 is 0.877 bits per heavy atom. The van der Waals surface area contributed by atoms with E-state index in [1.54, 1.807) is 31.4 Å². The molecule has 0 bridgehead atoms. The van der Waals surface area contributed by atoms with Crippen LogP contribution >= 0.6 is 0 Å². The van der Waals surface area contributed by atoms with Crippen molar-refractivity contribution in [2.45, 2.75) is 18.3 Å². The molecule has 0 aromatic heterocycles. The monoisotopic (exact) mass is 773 g/mol. The van der Waals surface area contributed by atoms with Crippen molar-refractivity contribution < 1.29 is 42.7 Å². The van der Waals surface area contributed by atoms with Crippen molar-refractivity contribution in [1.29, 1.82) is 0 Å². The number of hydrogen-bond acceptors (Lipinski definition) is 9. The molecule has 10 heteroatoms.